The summed E-state index contributed by atoms with van der Waals surface area (Å²) in [4.78, 5) is 23.3. The lowest BCUT2D eigenvalue weighted by Gasteiger charge is -2.41. The van der Waals surface area contributed by atoms with Gasteiger partial charge in [-0.15, -0.1) is 0 Å². The van der Waals surface area contributed by atoms with Crippen molar-refractivity contribution in [2.24, 2.45) is 0 Å². The predicted octanol–water partition coefficient (Wildman–Crippen LogP) is 14.0. The van der Waals surface area contributed by atoms with Crippen LogP contribution in [0.25, 0.3) is 0 Å². The van der Waals surface area contributed by atoms with Gasteiger partial charge in [-0.3, -0.25) is 13.8 Å². The van der Waals surface area contributed by atoms with Crippen LogP contribution in [0.1, 0.15) is 206 Å². The van der Waals surface area contributed by atoms with Crippen LogP contribution in [0.5, 0.6) is 0 Å². The zero-order valence-electron chi connectivity index (χ0n) is 45.8. The van der Waals surface area contributed by atoms with Gasteiger partial charge in [-0.1, -0.05) is 213 Å². The van der Waals surface area contributed by atoms with Crippen molar-refractivity contribution in [3.05, 3.63) is 109 Å². The maximum Gasteiger partial charge on any atom is 0.472 e. The fourth-order valence-corrected chi connectivity index (χ4v) is 9.17. The fourth-order valence-electron chi connectivity index (χ4n) is 8.20. The summed E-state index contributed by atoms with van der Waals surface area (Å²) in [5.74, 6) is -0.492. The lowest BCUT2D eigenvalue weighted by atomic mass is 9.85. The number of aliphatic hydroxyl groups is 5. The van der Waals surface area contributed by atoms with E-state index in [-0.39, 0.29) is 13.0 Å². The molecular weight excluding hydrogens is 956 g/mol. The number of carbonyl (C=O) groups is 1. The van der Waals surface area contributed by atoms with E-state index in [1.807, 2.05) is 0 Å². The van der Waals surface area contributed by atoms with E-state index in [1.54, 1.807) is 0 Å². The van der Waals surface area contributed by atoms with Gasteiger partial charge in [0.05, 0.1) is 13.2 Å². The van der Waals surface area contributed by atoms with E-state index >= 15 is 0 Å². The molecule has 1 rings (SSSR count). The van der Waals surface area contributed by atoms with Crippen molar-refractivity contribution in [3.63, 3.8) is 0 Å². The molecule has 6 N–H and O–H groups in total. The summed E-state index contributed by atoms with van der Waals surface area (Å²) < 4.78 is 34.4. The normalized spacial score (nSPS) is 21.2. The molecule has 6 unspecified atom stereocenters. The van der Waals surface area contributed by atoms with Gasteiger partial charge in [-0.05, 0) is 96.3 Å². The second-order valence-corrected chi connectivity index (χ2v) is 20.8. The Morgan fingerprint density at radius 1 is 0.432 bits per heavy atom. The second kappa shape index (κ2) is 49.6. The molecule has 1 aliphatic rings. The molecule has 74 heavy (non-hydrogen) atoms. The van der Waals surface area contributed by atoms with Gasteiger partial charge in [0.1, 0.15) is 42.7 Å². The highest BCUT2D eigenvalue weighted by molar-refractivity contribution is 7.47. The van der Waals surface area contributed by atoms with E-state index in [9.17, 15) is 39.8 Å². The van der Waals surface area contributed by atoms with Gasteiger partial charge in [-0.2, -0.15) is 0 Å². The van der Waals surface area contributed by atoms with Crippen molar-refractivity contribution >= 4 is 13.8 Å². The van der Waals surface area contributed by atoms with E-state index in [2.05, 4.69) is 123 Å². The minimum Gasteiger partial charge on any atom is -0.457 e. The Kier molecular flexibility index (Phi) is 46.2. The highest BCUT2D eigenvalue weighted by Crippen LogP contribution is 2.47. The van der Waals surface area contributed by atoms with Crippen molar-refractivity contribution in [2.75, 3.05) is 19.8 Å². The average molecular weight is 1060 g/mol. The first kappa shape index (κ1) is 69.0. The summed E-state index contributed by atoms with van der Waals surface area (Å²) in [7, 11) is -5.04. The largest absolute Gasteiger partial charge is 0.472 e. The lowest BCUT2D eigenvalue weighted by Crippen LogP contribution is -2.64. The number of phosphoric acid groups is 1. The van der Waals surface area contributed by atoms with Crippen molar-refractivity contribution in [2.45, 2.75) is 249 Å². The van der Waals surface area contributed by atoms with E-state index in [4.69, 9.17) is 18.5 Å². The number of carbonyl (C=O) groups excluding carboxylic acids is 1. The van der Waals surface area contributed by atoms with Gasteiger partial charge >= 0.3 is 13.8 Å². The molecule has 1 saturated carbocycles. The Morgan fingerprint density at radius 2 is 0.757 bits per heavy atom. The Hall–Kier alpha value is -3.00. The van der Waals surface area contributed by atoms with Gasteiger partial charge in [0, 0.05) is 13.0 Å². The average Bonchev–Trinajstić information content (AvgIpc) is 3.39. The molecule has 0 aromatic rings. The van der Waals surface area contributed by atoms with E-state index < -0.39 is 63.1 Å². The van der Waals surface area contributed by atoms with Crippen molar-refractivity contribution in [1.82, 2.24) is 0 Å². The van der Waals surface area contributed by atoms with Crippen LogP contribution < -0.4 is 0 Å². The van der Waals surface area contributed by atoms with Crippen LogP contribution in [0.4, 0.5) is 0 Å². The number of aliphatic hydroxyl groups excluding tert-OH is 5. The number of ether oxygens (including phenoxy) is 2. The zero-order chi connectivity index (χ0) is 54.0. The summed E-state index contributed by atoms with van der Waals surface area (Å²) in [6, 6.07) is 0. The topological polar surface area (TPSA) is 192 Å². The Labute approximate surface area is 448 Å². The van der Waals surface area contributed by atoms with Crippen LogP contribution in [-0.2, 0) is 27.9 Å². The number of hydrogen-bond acceptors (Lipinski definition) is 11. The molecule has 1 aliphatic carbocycles. The standard InChI is InChI=1S/C61H103O12P/c1-3-5-7-9-11-13-15-17-19-21-23-25-27-29-31-33-35-37-39-41-43-45-47-49-51-70-52-54(53-71-74(68,69)73-61-59(66)57(64)56(63)58(65)60(61)67)72-55(62)50-48-46-44-42-40-38-36-34-32-30-28-26-24-22-20-18-16-14-12-10-8-6-4-2/h5-8,11-14,17-20,23-26,30,32,54,56-61,63-67H,3-4,9-10,15-16,21-22,27-29,31,33-53H2,1-2H3,(H,68,69)/b7-5-,8-6-,13-11-,14-12-,19-17-,20-18-,25-23-,26-24-,32-30-. The van der Waals surface area contributed by atoms with Crippen LogP contribution in [0.3, 0.4) is 0 Å². The molecule has 0 heterocycles. The molecule has 0 saturated heterocycles. The number of allylic oxidation sites excluding steroid dienone is 18. The second-order valence-electron chi connectivity index (χ2n) is 19.4. The maximum atomic E-state index is 12.9. The molecule has 424 valence electrons. The third-order valence-electron chi connectivity index (χ3n) is 12.6. The SMILES string of the molecule is CC/C=C\C/C=C\C/C=C\C/C=C\C/C=C\CCCCCCCCCC(=O)OC(COCCCCCCCCCCCCC/C=C\C/C=C\C/C=C\C/C=C\CC)COP(=O)(O)OC1C(O)C(O)C(O)C(O)C1O. The van der Waals surface area contributed by atoms with E-state index in [1.165, 1.54) is 44.9 Å². The Bertz CT molecular complexity index is 1630. The van der Waals surface area contributed by atoms with Gasteiger partial charge in [0.2, 0.25) is 0 Å². The van der Waals surface area contributed by atoms with E-state index in [0.29, 0.717) is 13.0 Å². The minimum atomic E-state index is -5.04. The van der Waals surface area contributed by atoms with Gasteiger partial charge in [0.25, 0.3) is 0 Å². The number of rotatable bonds is 48. The highest BCUT2D eigenvalue weighted by atomic mass is 31.2. The first-order valence-electron chi connectivity index (χ1n) is 28.7. The van der Waals surface area contributed by atoms with Crippen molar-refractivity contribution < 1.29 is 58.3 Å². The lowest BCUT2D eigenvalue weighted by molar-refractivity contribution is -0.220. The number of esters is 1. The fraction of sp³-hybridized carbons (Fsp3) is 0.689. The summed E-state index contributed by atoms with van der Waals surface area (Å²) >= 11 is 0. The molecule has 0 aromatic heterocycles. The molecule has 1 fully saturated rings. The van der Waals surface area contributed by atoms with Crippen molar-refractivity contribution in [3.8, 4) is 0 Å². The predicted molar refractivity (Wildman–Crippen MR) is 304 cm³/mol. The summed E-state index contributed by atoms with van der Waals surface area (Å²) in [6.07, 6.45) is 58.6. The minimum absolute atomic E-state index is 0.0902. The number of phosphoric ester groups is 1. The van der Waals surface area contributed by atoms with Crippen LogP contribution >= 0.6 is 7.82 Å². The zero-order valence-corrected chi connectivity index (χ0v) is 46.7. The molecule has 0 spiro atoms. The quantitative estimate of drug-likeness (QED) is 0.0146. The molecular formula is C61H103O12P. The highest BCUT2D eigenvalue weighted by Gasteiger charge is 2.51. The van der Waals surface area contributed by atoms with Gasteiger partial charge in [-0.25, -0.2) is 4.57 Å². The first-order chi connectivity index (χ1) is 36.0. The Balaban J connectivity index is 2.31. The van der Waals surface area contributed by atoms with E-state index in [0.717, 1.165) is 135 Å². The molecule has 0 aliphatic heterocycles. The smallest absolute Gasteiger partial charge is 0.457 e. The molecule has 13 heteroatoms. The molecule has 0 radical (unpaired) electrons. The molecule has 0 amide bonds. The van der Waals surface area contributed by atoms with Gasteiger partial charge in [0.15, 0.2) is 0 Å². The van der Waals surface area contributed by atoms with Crippen molar-refractivity contribution in [1.29, 1.82) is 0 Å². The Morgan fingerprint density at radius 3 is 1.15 bits per heavy atom. The maximum absolute atomic E-state index is 12.9. The summed E-state index contributed by atoms with van der Waals surface area (Å²) in [5, 5.41) is 50.5. The van der Waals surface area contributed by atoms with Crippen LogP contribution in [0.15, 0.2) is 109 Å². The molecule has 0 bridgehead atoms. The van der Waals surface area contributed by atoms with Crippen LogP contribution in [-0.4, -0.2) is 98.9 Å². The summed E-state index contributed by atoms with van der Waals surface area (Å²) in [5.41, 5.74) is 0. The van der Waals surface area contributed by atoms with Crippen LogP contribution in [0.2, 0.25) is 0 Å². The molecule has 12 nitrogen and oxygen atoms in total. The number of unbranched alkanes of at least 4 members (excludes halogenated alkanes) is 18. The first-order valence-corrected chi connectivity index (χ1v) is 30.2. The third kappa shape index (κ3) is 40.3. The van der Waals surface area contributed by atoms with Gasteiger partial charge < -0.3 is 39.9 Å². The van der Waals surface area contributed by atoms with Crippen LogP contribution in [0, 0.1) is 0 Å². The molecule has 6 atom stereocenters. The monoisotopic (exact) mass is 1060 g/mol. The summed E-state index contributed by atoms with van der Waals surface area (Å²) in [6.45, 7) is 4.03. The number of hydrogen-bond donors (Lipinski definition) is 6. The molecule has 0 aromatic carbocycles. The third-order valence-corrected chi connectivity index (χ3v) is 13.6.